The van der Waals surface area contributed by atoms with Crippen LogP contribution >= 0.6 is 0 Å². The number of benzene rings is 1. The van der Waals surface area contributed by atoms with Crippen LogP contribution in [0.1, 0.15) is 83.1 Å². The fourth-order valence-corrected chi connectivity index (χ4v) is 1.95. The number of aromatic nitrogens is 4. The number of rotatable bonds is 5. The van der Waals surface area contributed by atoms with Crippen LogP contribution in [0.25, 0.3) is 0 Å². The van der Waals surface area contributed by atoms with E-state index in [9.17, 15) is 9.59 Å². The van der Waals surface area contributed by atoms with Crippen LogP contribution in [0.5, 0.6) is 0 Å². The molecule has 1 amide bonds. The second-order valence-corrected chi connectivity index (χ2v) is 5.91. The molecule has 0 N–H and O–H groups in total. The van der Waals surface area contributed by atoms with Gasteiger partial charge in [0, 0.05) is 33.9 Å². The monoisotopic (exact) mass is 405 g/mol. The van der Waals surface area contributed by atoms with Crippen molar-refractivity contribution in [3.05, 3.63) is 41.2 Å². The molecule has 7 nitrogen and oxygen atoms in total. The fraction of sp³-hybridized carbons (Fsp3) is 0.591. The standard InChI is InChI=1S/C14H18N4O.C4H9NO.2C2H6/c1-3-5-11-6-8-12(9-7-11)10-13-15-16-17-18(13)14(19)4-2;1-4(6)5(2)3;2*1-2/h6-9H,3-5,10H2,1-2H3;1-3H3;2*1-2H3. The van der Waals surface area contributed by atoms with Crippen molar-refractivity contribution in [1.29, 1.82) is 0 Å². The van der Waals surface area contributed by atoms with Crippen molar-refractivity contribution in [1.82, 2.24) is 25.1 Å². The number of carbonyl (C=O) groups excluding carboxylic acids is 2. The molecule has 0 fully saturated rings. The first-order valence-corrected chi connectivity index (χ1v) is 10.4. The van der Waals surface area contributed by atoms with Gasteiger partial charge in [0.1, 0.15) is 0 Å². The molecule has 164 valence electrons. The third-order valence-electron chi connectivity index (χ3n) is 3.63. The zero-order chi connectivity index (χ0) is 22.8. The Morgan fingerprint density at radius 2 is 1.45 bits per heavy atom. The minimum atomic E-state index is -0.0809. The van der Waals surface area contributed by atoms with Gasteiger partial charge in [0.2, 0.25) is 11.8 Å². The minimum absolute atomic E-state index is 0.0809. The van der Waals surface area contributed by atoms with Crippen molar-refractivity contribution in [3.63, 3.8) is 0 Å². The van der Waals surface area contributed by atoms with Crippen LogP contribution in [-0.4, -0.2) is 51.0 Å². The van der Waals surface area contributed by atoms with Crippen LogP contribution in [0, 0.1) is 0 Å². The summed E-state index contributed by atoms with van der Waals surface area (Å²) in [6, 6.07) is 8.38. The van der Waals surface area contributed by atoms with Gasteiger partial charge >= 0.3 is 0 Å². The van der Waals surface area contributed by atoms with Crippen LogP contribution in [0.4, 0.5) is 0 Å². The Labute approximate surface area is 176 Å². The quantitative estimate of drug-likeness (QED) is 0.688. The predicted octanol–water partition coefficient (Wildman–Crippen LogP) is 4.41. The van der Waals surface area contributed by atoms with Crippen molar-refractivity contribution >= 4 is 11.8 Å². The highest BCUT2D eigenvalue weighted by Crippen LogP contribution is 2.10. The van der Waals surface area contributed by atoms with Gasteiger partial charge in [0.05, 0.1) is 0 Å². The molecule has 0 atom stereocenters. The van der Waals surface area contributed by atoms with E-state index in [1.165, 1.54) is 22.1 Å². The summed E-state index contributed by atoms with van der Waals surface area (Å²) < 4.78 is 1.29. The normalized spacial score (nSPS) is 9.00. The van der Waals surface area contributed by atoms with Crippen molar-refractivity contribution in [2.45, 2.75) is 74.1 Å². The van der Waals surface area contributed by atoms with Gasteiger partial charge in [0.25, 0.3) is 0 Å². The second-order valence-electron chi connectivity index (χ2n) is 5.91. The first-order chi connectivity index (χ1) is 13.9. The van der Waals surface area contributed by atoms with Crippen LogP contribution in [0.2, 0.25) is 0 Å². The number of aryl methyl sites for hydroxylation is 1. The topological polar surface area (TPSA) is 81.0 Å². The van der Waals surface area contributed by atoms with Gasteiger partial charge in [-0.2, -0.15) is 4.68 Å². The van der Waals surface area contributed by atoms with Crippen LogP contribution in [0.3, 0.4) is 0 Å². The lowest BCUT2D eigenvalue weighted by molar-refractivity contribution is -0.126. The van der Waals surface area contributed by atoms with E-state index in [0.29, 0.717) is 18.7 Å². The average Bonchev–Trinajstić information content (AvgIpc) is 3.20. The zero-order valence-corrected chi connectivity index (χ0v) is 19.7. The van der Waals surface area contributed by atoms with Crippen molar-refractivity contribution in [2.75, 3.05) is 14.1 Å². The highest BCUT2D eigenvalue weighted by Gasteiger charge is 2.12. The van der Waals surface area contributed by atoms with Crippen LogP contribution in [-0.2, 0) is 17.6 Å². The summed E-state index contributed by atoms with van der Waals surface area (Å²) in [5.41, 5.74) is 2.44. The molecular formula is C22H39N5O2. The van der Waals surface area contributed by atoms with Gasteiger partial charge < -0.3 is 4.90 Å². The Hall–Kier alpha value is -2.57. The third-order valence-corrected chi connectivity index (χ3v) is 3.63. The lowest BCUT2D eigenvalue weighted by atomic mass is 10.1. The maximum atomic E-state index is 11.6. The molecule has 2 rings (SSSR count). The Morgan fingerprint density at radius 1 is 0.966 bits per heavy atom. The Morgan fingerprint density at radius 3 is 1.86 bits per heavy atom. The molecule has 0 bridgehead atoms. The predicted molar refractivity (Wildman–Crippen MR) is 119 cm³/mol. The van der Waals surface area contributed by atoms with E-state index in [2.05, 4.69) is 46.7 Å². The molecule has 1 aromatic heterocycles. The lowest BCUT2D eigenvalue weighted by Gasteiger charge is -2.03. The number of amides is 1. The number of tetrazole rings is 1. The summed E-state index contributed by atoms with van der Waals surface area (Å²) in [6.07, 6.45) is 3.20. The van der Waals surface area contributed by atoms with Gasteiger partial charge in [0.15, 0.2) is 5.82 Å². The summed E-state index contributed by atoms with van der Waals surface area (Å²) in [7, 11) is 3.45. The summed E-state index contributed by atoms with van der Waals surface area (Å²) in [5.74, 6) is 0.604. The lowest BCUT2D eigenvalue weighted by Crippen LogP contribution is -2.17. The molecule has 0 unspecified atom stereocenters. The molecule has 2 aromatic rings. The zero-order valence-electron chi connectivity index (χ0n) is 19.7. The van der Waals surface area contributed by atoms with Crippen molar-refractivity contribution < 1.29 is 9.59 Å². The molecule has 0 saturated heterocycles. The molecule has 0 aliphatic heterocycles. The summed E-state index contributed by atoms with van der Waals surface area (Å²) in [4.78, 5) is 23.2. The molecule has 0 saturated carbocycles. The number of hydrogen-bond acceptors (Lipinski definition) is 5. The van der Waals surface area contributed by atoms with Crippen LogP contribution < -0.4 is 0 Å². The number of nitrogens with zero attached hydrogens (tertiary/aromatic N) is 5. The minimum Gasteiger partial charge on any atom is -0.349 e. The van der Waals surface area contributed by atoms with E-state index in [0.717, 1.165) is 18.4 Å². The Kier molecular flexibility index (Phi) is 17.3. The summed E-state index contributed by atoms with van der Waals surface area (Å²) in [5, 5.41) is 11.2. The van der Waals surface area contributed by atoms with E-state index in [1.807, 2.05) is 27.7 Å². The van der Waals surface area contributed by atoms with Gasteiger partial charge in [-0.3, -0.25) is 9.59 Å². The molecule has 29 heavy (non-hydrogen) atoms. The SMILES string of the molecule is CC.CC.CC(=O)N(C)C.CCCc1ccc(Cc2nnnn2C(=O)CC)cc1. The van der Waals surface area contributed by atoms with Gasteiger partial charge in [-0.05, 0) is 28.0 Å². The number of carbonyl (C=O) groups is 2. The molecule has 7 heteroatoms. The average molecular weight is 406 g/mol. The van der Waals surface area contributed by atoms with E-state index in [4.69, 9.17) is 0 Å². The van der Waals surface area contributed by atoms with E-state index < -0.39 is 0 Å². The first-order valence-electron chi connectivity index (χ1n) is 10.4. The largest absolute Gasteiger partial charge is 0.349 e. The highest BCUT2D eigenvalue weighted by atomic mass is 16.2. The van der Waals surface area contributed by atoms with Gasteiger partial charge in [-0.25, -0.2) is 0 Å². The smallest absolute Gasteiger partial charge is 0.249 e. The fourth-order valence-electron chi connectivity index (χ4n) is 1.95. The summed E-state index contributed by atoms with van der Waals surface area (Å²) in [6.45, 7) is 13.5. The van der Waals surface area contributed by atoms with E-state index in [-0.39, 0.29) is 11.8 Å². The molecule has 0 radical (unpaired) electrons. The second kappa shape index (κ2) is 17.5. The van der Waals surface area contributed by atoms with E-state index >= 15 is 0 Å². The number of hydrogen-bond donors (Lipinski definition) is 0. The maximum absolute atomic E-state index is 11.6. The van der Waals surface area contributed by atoms with Crippen LogP contribution in [0.15, 0.2) is 24.3 Å². The third kappa shape index (κ3) is 11.8. The van der Waals surface area contributed by atoms with Crippen molar-refractivity contribution in [3.8, 4) is 0 Å². The molecule has 1 heterocycles. The van der Waals surface area contributed by atoms with Gasteiger partial charge in [-0.1, -0.05) is 72.2 Å². The maximum Gasteiger partial charge on any atom is 0.249 e. The molecule has 0 aliphatic rings. The molecule has 1 aromatic carbocycles. The summed E-state index contributed by atoms with van der Waals surface area (Å²) >= 11 is 0. The molecule has 0 aliphatic carbocycles. The van der Waals surface area contributed by atoms with E-state index in [1.54, 1.807) is 21.0 Å². The Balaban J connectivity index is 0. The first kappa shape index (κ1) is 28.6. The molecule has 0 spiro atoms. The van der Waals surface area contributed by atoms with Gasteiger partial charge in [-0.15, -0.1) is 5.10 Å². The molecular weight excluding hydrogens is 366 g/mol. The highest BCUT2D eigenvalue weighted by molar-refractivity contribution is 5.77. The van der Waals surface area contributed by atoms with Crippen molar-refractivity contribution in [2.24, 2.45) is 0 Å². The Bertz CT molecular complexity index is 679.